The van der Waals surface area contributed by atoms with Crippen LogP contribution in [0.5, 0.6) is 0 Å². The highest BCUT2D eigenvalue weighted by molar-refractivity contribution is 8.00. The second-order valence-corrected chi connectivity index (χ2v) is 13.1. The van der Waals surface area contributed by atoms with E-state index in [0.29, 0.717) is 11.3 Å². The van der Waals surface area contributed by atoms with E-state index >= 15 is 0 Å². The number of piperidine rings is 1. The summed E-state index contributed by atoms with van der Waals surface area (Å²) in [7, 11) is 0. The molecule has 5 heterocycles. The van der Waals surface area contributed by atoms with Gasteiger partial charge in [-0.1, -0.05) is 28.1 Å². The Labute approximate surface area is 264 Å². The Balaban J connectivity index is 1.30. The van der Waals surface area contributed by atoms with Crippen LogP contribution in [-0.2, 0) is 30.6 Å². The van der Waals surface area contributed by atoms with E-state index in [9.17, 15) is 24.3 Å². The predicted octanol–water partition coefficient (Wildman–Crippen LogP) is 0.226. The van der Waals surface area contributed by atoms with Crippen LogP contribution >= 0.6 is 34.7 Å². The minimum atomic E-state index is -1.40. The number of oxime groups is 1. The topological polar surface area (TPSA) is 218 Å². The molecule has 2 fully saturated rings. The maximum absolute atomic E-state index is 13.3. The molecule has 0 radical (unpaired) electrons. The molecule has 18 heteroatoms. The minimum absolute atomic E-state index is 0.00276. The Kier molecular flexibility index (Phi) is 9.28. The maximum Gasteiger partial charge on any atom is 0.352 e. The van der Waals surface area contributed by atoms with Gasteiger partial charge in [0.25, 0.3) is 11.8 Å². The number of nitrogens with zero attached hydrogens (tertiary/aromatic N) is 5. The molecular formula is C26H30ClN8O7S2+. The normalized spacial score (nSPS) is 21.4. The van der Waals surface area contributed by atoms with E-state index in [-0.39, 0.29) is 33.4 Å². The first-order valence-corrected chi connectivity index (χ1v) is 15.8. The van der Waals surface area contributed by atoms with Crippen molar-refractivity contribution in [3.8, 4) is 0 Å². The first kappa shape index (κ1) is 31.5. The number of fused-ring (bicyclic) bond motifs is 1. The van der Waals surface area contributed by atoms with E-state index < -0.39 is 47.0 Å². The lowest BCUT2D eigenvalue weighted by Gasteiger charge is -2.49. The summed E-state index contributed by atoms with van der Waals surface area (Å²) in [6.07, 6.45) is 4.19. The summed E-state index contributed by atoms with van der Waals surface area (Å²) in [6, 6.07) is 3.07. The van der Waals surface area contributed by atoms with Crippen LogP contribution in [-0.4, -0.2) is 92.0 Å². The number of hydrogen-bond donors (Lipinski definition) is 5. The molecule has 3 atom stereocenters. The van der Waals surface area contributed by atoms with Gasteiger partial charge in [-0.25, -0.2) is 19.1 Å². The van der Waals surface area contributed by atoms with Crippen LogP contribution in [0.1, 0.15) is 25.5 Å². The van der Waals surface area contributed by atoms with Crippen molar-refractivity contribution in [2.24, 2.45) is 10.9 Å². The third kappa shape index (κ3) is 6.45. The number of rotatable bonds is 10. The number of carbonyl (C=O) groups excluding carboxylic acids is 2. The number of thiazole rings is 1. The molecule has 0 spiro atoms. The van der Waals surface area contributed by atoms with Gasteiger partial charge in [0.2, 0.25) is 6.10 Å². The van der Waals surface area contributed by atoms with E-state index in [1.165, 1.54) is 18.7 Å². The fraction of sp³-hybridized carbons (Fsp3) is 0.423. The van der Waals surface area contributed by atoms with Crippen molar-refractivity contribution in [3.05, 3.63) is 45.8 Å². The number of aliphatic carboxylic acids is 2. The van der Waals surface area contributed by atoms with E-state index in [1.807, 2.05) is 29.1 Å². The number of amides is 2. The number of hydrogen-bond acceptors (Lipinski definition) is 12. The molecule has 2 amide bonds. The predicted molar refractivity (Wildman–Crippen MR) is 162 cm³/mol. The largest absolute Gasteiger partial charge is 0.478 e. The number of carboxylic acids is 2. The number of carboxylic acid groups (broad SMARTS) is 2. The van der Waals surface area contributed by atoms with Gasteiger partial charge in [-0.3, -0.25) is 14.5 Å². The Hall–Kier alpha value is -3.93. The SMILES string of the molecule is C[C@H](O/N=C(\C(=O)N[C@@H]1C(=O)N2C(C(=O)O)=C(C[n+]3ccc(N4CCC(N)CC4)cc3)CS[C@H]12)c1nc(N)sc1Cl)C(=O)O. The number of halogens is 1. The number of nitrogen functional groups attached to an aromatic ring is 1. The van der Waals surface area contributed by atoms with Gasteiger partial charge in [0.05, 0.1) is 0 Å². The molecule has 2 aromatic rings. The van der Waals surface area contributed by atoms with Crippen LogP contribution in [0.3, 0.4) is 0 Å². The Morgan fingerprint density at radius 3 is 2.55 bits per heavy atom. The fourth-order valence-electron chi connectivity index (χ4n) is 4.99. The molecule has 0 aromatic carbocycles. The summed E-state index contributed by atoms with van der Waals surface area (Å²) in [5.74, 6) is -3.83. The van der Waals surface area contributed by atoms with Gasteiger partial charge in [-0.15, -0.1) is 11.8 Å². The molecule has 0 unspecified atom stereocenters. The van der Waals surface area contributed by atoms with Gasteiger partial charge in [-0.2, -0.15) is 0 Å². The van der Waals surface area contributed by atoms with Gasteiger partial charge in [0.15, 0.2) is 29.8 Å². The lowest BCUT2D eigenvalue weighted by molar-refractivity contribution is -0.689. The number of β-lactam (4-membered cyclic amide) rings is 1. The number of aromatic nitrogens is 2. The van der Waals surface area contributed by atoms with Crippen molar-refractivity contribution in [1.82, 2.24) is 15.2 Å². The van der Waals surface area contributed by atoms with Crippen molar-refractivity contribution in [3.63, 3.8) is 0 Å². The first-order valence-electron chi connectivity index (χ1n) is 13.5. The molecule has 3 aliphatic rings. The van der Waals surface area contributed by atoms with Crippen molar-refractivity contribution < 1.29 is 38.8 Å². The molecule has 0 saturated carbocycles. The average molecular weight is 666 g/mol. The molecule has 44 heavy (non-hydrogen) atoms. The maximum atomic E-state index is 13.3. The summed E-state index contributed by atoms with van der Waals surface area (Å²) in [5, 5.41) is 24.7. The Morgan fingerprint density at radius 1 is 1.27 bits per heavy atom. The number of nitrogens with two attached hydrogens (primary N) is 2. The number of pyridine rings is 1. The Morgan fingerprint density at radius 2 is 1.95 bits per heavy atom. The van der Waals surface area contributed by atoms with E-state index in [2.05, 4.69) is 20.4 Å². The fourth-order valence-corrected chi connectivity index (χ4v) is 7.25. The van der Waals surface area contributed by atoms with Crippen molar-refractivity contribution in [2.45, 2.75) is 49.9 Å². The highest BCUT2D eigenvalue weighted by Crippen LogP contribution is 2.40. The van der Waals surface area contributed by atoms with E-state index in [1.54, 1.807) is 0 Å². The van der Waals surface area contributed by atoms with Crippen molar-refractivity contribution >= 4 is 75.0 Å². The molecule has 0 bridgehead atoms. The number of anilines is 2. The summed E-state index contributed by atoms with van der Waals surface area (Å²) < 4.78 is 1.86. The highest BCUT2D eigenvalue weighted by atomic mass is 35.5. The van der Waals surface area contributed by atoms with Gasteiger partial charge >= 0.3 is 11.9 Å². The molecule has 2 aromatic heterocycles. The monoisotopic (exact) mass is 665 g/mol. The van der Waals surface area contributed by atoms with Crippen LogP contribution in [0.4, 0.5) is 10.8 Å². The lowest BCUT2D eigenvalue weighted by atomic mass is 10.0. The summed E-state index contributed by atoms with van der Waals surface area (Å²) in [6.45, 7) is 3.21. The third-order valence-electron chi connectivity index (χ3n) is 7.38. The summed E-state index contributed by atoms with van der Waals surface area (Å²) in [5.41, 5.74) is 12.5. The van der Waals surface area contributed by atoms with Crippen LogP contribution in [0.15, 0.2) is 41.0 Å². The summed E-state index contributed by atoms with van der Waals surface area (Å²) in [4.78, 5) is 62.4. The van der Waals surface area contributed by atoms with Crippen LogP contribution in [0, 0.1) is 0 Å². The van der Waals surface area contributed by atoms with Gasteiger partial charge in [0.1, 0.15) is 27.1 Å². The molecule has 5 rings (SSSR count). The molecule has 15 nitrogen and oxygen atoms in total. The molecule has 2 saturated heterocycles. The zero-order chi connectivity index (χ0) is 31.7. The van der Waals surface area contributed by atoms with E-state index in [4.69, 9.17) is 33.0 Å². The molecule has 234 valence electrons. The van der Waals surface area contributed by atoms with Crippen molar-refractivity contribution in [1.29, 1.82) is 0 Å². The minimum Gasteiger partial charge on any atom is -0.478 e. The Bertz CT molecular complexity index is 1540. The molecule has 7 N–H and O–H groups in total. The molecule has 3 aliphatic heterocycles. The second kappa shape index (κ2) is 13.0. The smallest absolute Gasteiger partial charge is 0.352 e. The van der Waals surface area contributed by atoms with Gasteiger partial charge in [-0.05, 0) is 19.8 Å². The van der Waals surface area contributed by atoms with Crippen molar-refractivity contribution in [2.75, 3.05) is 29.5 Å². The number of carbonyl (C=O) groups is 4. The second-order valence-electron chi connectivity index (χ2n) is 10.4. The zero-order valence-corrected chi connectivity index (χ0v) is 25.8. The first-order chi connectivity index (χ1) is 20.9. The number of thioether (sulfide) groups is 1. The zero-order valence-electron chi connectivity index (χ0n) is 23.4. The standard InChI is InChI=1S/C26H29ClN8O7S2/c1-12(24(38)39)42-32-17(16-20(27)44-26(29)31-16)21(36)30-18-22(37)35-19(25(40)41)13(11-43-23(18)35)10-33-6-4-15(5-7-33)34-8-2-14(28)3-9-34/h4-7,12,14,18,23H,2-3,8-11,28H2,1H3,(H4-,29,30,31,36,38,39,40,41)/p+1/b32-17-/t12-,18+,23+/m0/s1. The van der Waals surface area contributed by atoms with Crippen LogP contribution < -0.4 is 26.3 Å². The molecule has 0 aliphatic carbocycles. The van der Waals surface area contributed by atoms with Gasteiger partial charge in [0, 0.05) is 48.3 Å². The van der Waals surface area contributed by atoms with E-state index in [0.717, 1.165) is 47.9 Å². The average Bonchev–Trinajstić information content (AvgIpc) is 3.33. The summed E-state index contributed by atoms with van der Waals surface area (Å²) >= 11 is 8.33. The van der Waals surface area contributed by atoms with Crippen LogP contribution in [0.2, 0.25) is 4.34 Å². The van der Waals surface area contributed by atoms with Gasteiger partial charge < -0.3 is 36.7 Å². The van der Waals surface area contributed by atoms with Crippen LogP contribution in [0.25, 0.3) is 0 Å². The lowest BCUT2D eigenvalue weighted by Crippen LogP contribution is -2.71. The third-order valence-corrected chi connectivity index (χ3v) is 9.80. The quantitative estimate of drug-likeness (QED) is 0.0997. The number of nitrogens with one attached hydrogen (secondary N) is 1. The molecular weight excluding hydrogens is 636 g/mol. The highest BCUT2D eigenvalue weighted by Gasteiger charge is 2.55.